The van der Waals surface area contributed by atoms with Gasteiger partial charge >= 0.3 is 0 Å². The van der Waals surface area contributed by atoms with Gasteiger partial charge in [0.15, 0.2) is 5.17 Å². The van der Waals surface area contributed by atoms with Crippen LogP contribution < -0.4 is 0 Å². The van der Waals surface area contributed by atoms with Gasteiger partial charge in [-0.25, -0.2) is 0 Å². The van der Waals surface area contributed by atoms with E-state index in [1.807, 2.05) is 6.07 Å². The van der Waals surface area contributed by atoms with Gasteiger partial charge in [0.2, 0.25) is 0 Å². The van der Waals surface area contributed by atoms with E-state index in [2.05, 4.69) is 10.1 Å². The molecular weight excluding hydrogens is 178 g/mol. The highest BCUT2D eigenvalue weighted by Crippen LogP contribution is 2.03. The van der Waals surface area contributed by atoms with Gasteiger partial charge in [0.1, 0.15) is 5.69 Å². The van der Waals surface area contributed by atoms with Crippen LogP contribution in [0.4, 0.5) is 0 Å². The molecule has 60 valence electrons. The van der Waals surface area contributed by atoms with E-state index < -0.39 is 0 Å². The van der Waals surface area contributed by atoms with Crippen molar-refractivity contribution in [1.82, 2.24) is 4.98 Å². The van der Waals surface area contributed by atoms with Crippen LogP contribution >= 0.6 is 11.6 Å². The summed E-state index contributed by atoms with van der Waals surface area (Å²) in [6.45, 7) is 0. The summed E-state index contributed by atoms with van der Waals surface area (Å²) in [5, 5.41) is 19.4. The van der Waals surface area contributed by atoms with Crippen LogP contribution in [0.1, 0.15) is 11.3 Å². The molecule has 0 aliphatic carbocycles. The monoisotopic (exact) mass is 181 g/mol. The Bertz CT molecular complexity index is 356. The normalized spacial score (nSPS) is 10.8. The number of oxime groups is 1. The molecule has 0 saturated carbocycles. The molecule has 0 aliphatic heterocycles. The Labute approximate surface area is 73.7 Å². The van der Waals surface area contributed by atoms with Gasteiger partial charge in [-0.15, -0.1) is 0 Å². The van der Waals surface area contributed by atoms with Crippen molar-refractivity contribution in [1.29, 1.82) is 5.26 Å². The summed E-state index contributed by atoms with van der Waals surface area (Å²) in [5.41, 5.74) is 0.694. The van der Waals surface area contributed by atoms with Crippen LogP contribution in [-0.4, -0.2) is 15.4 Å². The fraction of sp³-hybridized carbons (Fsp3) is 0. The highest BCUT2D eigenvalue weighted by Gasteiger charge is 2.02. The fourth-order valence-electron chi connectivity index (χ4n) is 0.664. The van der Waals surface area contributed by atoms with Gasteiger partial charge in [-0.2, -0.15) is 5.26 Å². The lowest BCUT2D eigenvalue weighted by Crippen LogP contribution is -1.95. The van der Waals surface area contributed by atoms with Crippen molar-refractivity contribution in [2.45, 2.75) is 0 Å². The maximum absolute atomic E-state index is 8.49. The minimum atomic E-state index is -0.132. The molecule has 12 heavy (non-hydrogen) atoms. The molecular formula is C7H4ClN3O. The Hall–Kier alpha value is -1.60. The zero-order chi connectivity index (χ0) is 8.97. The number of rotatable bonds is 1. The first-order chi connectivity index (χ1) is 5.77. The van der Waals surface area contributed by atoms with Crippen molar-refractivity contribution in [3.8, 4) is 6.07 Å². The van der Waals surface area contributed by atoms with E-state index in [9.17, 15) is 0 Å². The topological polar surface area (TPSA) is 69.3 Å². The second kappa shape index (κ2) is 3.69. The first-order valence-electron chi connectivity index (χ1n) is 3.02. The standard InChI is InChI=1S/C7H4ClN3O/c8-7(11-12)6-3-5(4-9)1-2-10-6/h1-3,12H/b11-7-. The lowest BCUT2D eigenvalue weighted by molar-refractivity contribution is 0.320. The predicted molar refractivity (Wildman–Crippen MR) is 43.1 cm³/mol. The van der Waals surface area contributed by atoms with Gasteiger partial charge < -0.3 is 5.21 Å². The molecule has 1 aromatic rings. The van der Waals surface area contributed by atoms with E-state index in [1.165, 1.54) is 18.3 Å². The van der Waals surface area contributed by atoms with Gasteiger partial charge in [-0.05, 0) is 12.1 Å². The third-order valence-electron chi connectivity index (χ3n) is 1.19. The number of nitrogens with zero attached hydrogens (tertiary/aromatic N) is 3. The number of pyridine rings is 1. The first-order valence-corrected chi connectivity index (χ1v) is 3.40. The van der Waals surface area contributed by atoms with Crippen LogP contribution in [0, 0.1) is 11.3 Å². The van der Waals surface area contributed by atoms with Crippen LogP contribution in [0.25, 0.3) is 0 Å². The second-order valence-electron chi connectivity index (χ2n) is 1.93. The van der Waals surface area contributed by atoms with E-state index in [1.54, 1.807) is 0 Å². The van der Waals surface area contributed by atoms with Crippen molar-refractivity contribution >= 4 is 16.8 Å². The summed E-state index contributed by atoms with van der Waals surface area (Å²) in [6, 6.07) is 4.88. The van der Waals surface area contributed by atoms with Crippen molar-refractivity contribution in [3.63, 3.8) is 0 Å². The molecule has 5 heteroatoms. The predicted octanol–water partition coefficient (Wildman–Crippen LogP) is 1.33. The zero-order valence-electron chi connectivity index (χ0n) is 5.90. The zero-order valence-corrected chi connectivity index (χ0v) is 6.65. The molecule has 0 spiro atoms. The third-order valence-corrected chi connectivity index (χ3v) is 1.46. The quantitative estimate of drug-likeness (QED) is 0.404. The molecule has 0 atom stereocenters. The first kappa shape index (κ1) is 8.50. The van der Waals surface area contributed by atoms with Crippen molar-refractivity contribution < 1.29 is 5.21 Å². The fourth-order valence-corrected chi connectivity index (χ4v) is 0.767. The Morgan fingerprint density at radius 3 is 3.08 bits per heavy atom. The maximum Gasteiger partial charge on any atom is 0.193 e. The minimum Gasteiger partial charge on any atom is -0.410 e. The van der Waals surface area contributed by atoms with Crippen LogP contribution in [0.3, 0.4) is 0 Å². The average Bonchev–Trinajstić information content (AvgIpc) is 2.17. The summed E-state index contributed by atoms with van der Waals surface area (Å²) in [7, 11) is 0. The number of hydrogen-bond acceptors (Lipinski definition) is 4. The molecule has 4 nitrogen and oxygen atoms in total. The summed E-state index contributed by atoms with van der Waals surface area (Å²) >= 11 is 5.45. The number of hydrogen-bond donors (Lipinski definition) is 1. The molecule has 0 radical (unpaired) electrons. The molecule has 0 saturated heterocycles. The van der Waals surface area contributed by atoms with E-state index in [0.717, 1.165) is 0 Å². The smallest absolute Gasteiger partial charge is 0.193 e. The van der Waals surface area contributed by atoms with Crippen molar-refractivity contribution in [2.24, 2.45) is 5.16 Å². The molecule has 0 unspecified atom stereocenters. The van der Waals surface area contributed by atoms with Crippen LogP contribution in [0.2, 0.25) is 0 Å². The molecule has 1 heterocycles. The molecule has 0 fully saturated rings. The number of halogens is 1. The highest BCUT2D eigenvalue weighted by molar-refractivity contribution is 6.69. The number of aromatic nitrogens is 1. The van der Waals surface area contributed by atoms with Gasteiger partial charge in [0.25, 0.3) is 0 Å². The lowest BCUT2D eigenvalue weighted by atomic mass is 10.2. The molecule has 1 aromatic heterocycles. The van der Waals surface area contributed by atoms with Crippen molar-refractivity contribution in [2.75, 3.05) is 0 Å². The Balaban J connectivity index is 3.12. The largest absolute Gasteiger partial charge is 0.410 e. The van der Waals surface area contributed by atoms with Crippen LogP contribution in [-0.2, 0) is 0 Å². The van der Waals surface area contributed by atoms with E-state index in [0.29, 0.717) is 5.56 Å². The number of nitriles is 1. The van der Waals surface area contributed by atoms with E-state index in [4.69, 9.17) is 22.1 Å². The minimum absolute atomic E-state index is 0.132. The Morgan fingerprint density at radius 1 is 1.75 bits per heavy atom. The van der Waals surface area contributed by atoms with E-state index in [-0.39, 0.29) is 10.9 Å². The summed E-state index contributed by atoms with van der Waals surface area (Å²) < 4.78 is 0. The summed E-state index contributed by atoms with van der Waals surface area (Å²) in [4.78, 5) is 3.78. The Morgan fingerprint density at radius 2 is 2.50 bits per heavy atom. The summed E-state index contributed by atoms with van der Waals surface area (Å²) in [6.07, 6.45) is 1.42. The average molecular weight is 182 g/mol. The summed E-state index contributed by atoms with van der Waals surface area (Å²) in [5.74, 6) is 0. The van der Waals surface area contributed by atoms with Crippen LogP contribution in [0.15, 0.2) is 23.5 Å². The molecule has 0 amide bonds. The highest BCUT2D eigenvalue weighted by atomic mass is 35.5. The SMILES string of the molecule is N#Cc1ccnc(/C(Cl)=N/O)c1. The second-order valence-corrected chi connectivity index (χ2v) is 2.29. The molecule has 0 aliphatic rings. The van der Waals surface area contributed by atoms with Crippen LogP contribution in [0.5, 0.6) is 0 Å². The Kier molecular flexibility index (Phi) is 2.62. The molecule has 1 N–H and O–H groups in total. The van der Waals surface area contributed by atoms with Gasteiger partial charge in [-0.1, -0.05) is 16.8 Å². The van der Waals surface area contributed by atoms with Crippen molar-refractivity contribution in [3.05, 3.63) is 29.6 Å². The molecule has 1 rings (SSSR count). The van der Waals surface area contributed by atoms with Gasteiger partial charge in [-0.3, -0.25) is 4.98 Å². The lowest BCUT2D eigenvalue weighted by Gasteiger charge is -1.93. The molecule has 0 aromatic carbocycles. The van der Waals surface area contributed by atoms with Gasteiger partial charge in [0, 0.05) is 6.20 Å². The van der Waals surface area contributed by atoms with Gasteiger partial charge in [0.05, 0.1) is 11.6 Å². The maximum atomic E-state index is 8.49. The third kappa shape index (κ3) is 1.71. The van der Waals surface area contributed by atoms with E-state index >= 15 is 0 Å². The molecule has 0 bridgehead atoms.